The number of nitriles is 1. The Balaban J connectivity index is 1.35. The van der Waals surface area contributed by atoms with Crippen LogP contribution in [0, 0.1) is 23.2 Å². The fourth-order valence-electron chi connectivity index (χ4n) is 4.10. The van der Waals surface area contributed by atoms with Gasteiger partial charge in [0.1, 0.15) is 5.82 Å². The van der Waals surface area contributed by atoms with E-state index in [0.29, 0.717) is 23.1 Å². The van der Waals surface area contributed by atoms with Crippen LogP contribution < -0.4 is 5.56 Å². The Morgan fingerprint density at radius 1 is 1.10 bits per heavy atom. The van der Waals surface area contributed by atoms with E-state index in [1.807, 2.05) is 36.9 Å². The second-order valence-electron chi connectivity index (χ2n) is 7.74. The van der Waals surface area contributed by atoms with Crippen molar-refractivity contribution in [2.45, 2.75) is 37.0 Å². The molecule has 152 valence electrons. The molecule has 0 N–H and O–H groups in total. The highest BCUT2D eigenvalue weighted by molar-refractivity contribution is 7.98. The molecule has 4 rings (SSSR count). The summed E-state index contributed by atoms with van der Waals surface area (Å²) in [5, 5.41) is 8.90. The van der Waals surface area contributed by atoms with Gasteiger partial charge in [-0.3, -0.25) is 14.3 Å². The van der Waals surface area contributed by atoms with Crippen LogP contribution in [0.5, 0.6) is 0 Å². The van der Waals surface area contributed by atoms with Gasteiger partial charge >= 0.3 is 0 Å². The third kappa shape index (κ3) is 4.77. The Kier molecular flexibility index (Phi) is 6.24. The van der Waals surface area contributed by atoms with Crippen LogP contribution in [0.15, 0.2) is 58.7 Å². The molecule has 3 aromatic rings. The van der Waals surface area contributed by atoms with Crippen molar-refractivity contribution in [3.8, 4) is 11.8 Å². The van der Waals surface area contributed by atoms with E-state index in [-0.39, 0.29) is 5.56 Å². The lowest BCUT2D eigenvalue weighted by molar-refractivity contribution is 0.476. The third-order valence-electron chi connectivity index (χ3n) is 5.67. The molecule has 7 heteroatoms. The first-order valence-corrected chi connectivity index (χ1v) is 11.3. The second kappa shape index (κ2) is 9.23. The minimum Gasteiger partial charge on any atom is -0.283 e. The standard InChI is InChI=1S/C23H23N5OS/c1-30-21-14-26-22(27-15-21)10-17-3-2-16(8-17)9-19-4-5-20(13-25-19)28-7-6-18(12-24)11-23(28)29/h4-7,11,13-17H,2-3,8-10H2,1H3/t16-,17-/m0/s1. The van der Waals surface area contributed by atoms with Crippen molar-refractivity contribution in [2.75, 3.05) is 6.26 Å². The molecule has 0 aliphatic heterocycles. The van der Waals surface area contributed by atoms with Crippen LogP contribution in [0.1, 0.15) is 36.3 Å². The molecule has 3 aromatic heterocycles. The molecule has 1 fully saturated rings. The molecular formula is C23H23N5OS. The summed E-state index contributed by atoms with van der Waals surface area (Å²) < 4.78 is 1.51. The second-order valence-corrected chi connectivity index (χ2v) is 8.62. The Morgan fingerprint density at radius 3 is 2.50 bits per heavy atom. The molecule has 0 amide bonds. The molecule has 0 spiro atoms. The average Bonchev–Trinajstić information content (AvgIpc) is 3.21. The zero-order chi connectivity index (χ0) is 20.9. The van der Waals surface area contributed by atoms with Gasteiger partial charge in [-0.2, -0.15) is 5.26 Å². The fraction of sp³-hybridized carbons (Fsp3) is 0.348. The van der Waals surface area contributed by atoms with E-state index >= 15 is 0 Å². The van der Waals surface area contributed by atoms with E-state index in [1.165, 1.54) is 29.9 Å². The molecule has 0 aromatic carbocycles. The number of hydrogen-bond donors (Lipinski definition) is 0. The fourth-order valence-corrected chi connectivity index (χ4v) is 4.42. The van der Waals surface area contributed by atoms with Crippen LogP contribution >= 0.6 is 11.8 Å². The molecule has 1 aliphatic carbocycles. The minimum atomic E-state index is -0.227. The highest BCUT2D eigenvalue weighted by atomic mass is 32.2. The number of rotatable bonds is 6. The Bertz CT molecular complexity index is 1100. The van der Waals surface area contributed by atoms with Crippen LogP contribution in [-0.4, -0.2) is 25.8 Å². The number of aromatic nitrogens is 4. The van der Waals surface area contributed by atoms with Crippen LogP contribution in [-0.2, 0) is 12.8 Å². The molecule has 6 nitrogen and oxygen atoms in total. The molecular weight excluding hydrogens is 394 g/mol. The van der Waals surface area contributed by atoms with E-state index in [0.717, 1.165) is 29.3 Å². The topological polar surface area (TPSA) is 84.5 Å². The molecule has 2 atom stereocenters. The summed E-state index contributed by atoms with van der Waals surface area (Å²) in [5.41, 5.74) is 1.90. The molecule has 0 saturated heterocycles. The molecule has 0 bridgehead atoms. The van der Waals surface area contributed by atoms with E-state index in [1.54, 1.807) is 30.2 Å². The number of hydrogen-bond acceptors (Lipinski definition) is 6. The van der Waals surface area contributed by atoms with Gasteiger partial charge in [0.2, 0.25) is 0 Å². The lowest BCUT2D eigenvalue weighted by atomic mass is 9.97. The van der Waals surface area contributed by atoms with Crippen molar-refractivity contribution in [2.24, 2.45) is 11.8 Å². The first-order chi connectivity index (χ1) is 14.6. The Labute approximate surface area is 180 Å². The van der Waals surface area contributed by atoms with Crippen LogP contribution in [0.3, 0.4) is 0 Å². The van der Waals surface area contributed by atoms with Gasteiger partial charge in [0.15, 0.2) is 0 Å². The summed E-state index contributed by atoms with van der Waals surface area (Å²) >= 11 is 1.66. The van der Waals surface area contributed by atoms with Gasteiger partial charge in [-0.1, -0.05) is 0 Å². The van der Waals surface area contributed by atoms with E-state index < -0.39 is 0 Å². The molecule has 1 aliphatic rings. The predicted molar refractivity (Wildman–Crippen MR) is 117 cm³/mol. The van der Waals surface area contributed by atoms with E-state index in [2.05, 4.69) is 15.0 Å². The van der Waals surface area contributed by atoms with Crippen molar-refractivity contribution >= 4 is 11.8 Å². The molecule has 0 radical (unpaired) electrons. The van der Waals surface area contributed by atoms with Crippen LogP contribution in [0.2, 0.25) is 0 Å². The summed E-state index contributed by atoms with van der Waals surface area (Å²) in [5.74, 6) is 2.19. The summed E-state index contributed by atoms with van der Waals surface area (Å²) in [4.78, 5) is 26.8. The summed E-state index contributed by atoms with van der Waals surface area (Å²) in [6.45, 7) is 0. The van der Waals surface area contributed by atoms with Crippen LogP contribution in [0.25, 0.3) is 5.69 Å². The number of thioether (sulfide) groups is 1. The summed E-state index contributed by atoms with van der Waals surface area (Å²) in [6.07, 6.45) is 14.7. The zero-order valence-electron chi connectivity index (χ0n) is 16.9. The van der Waals surface area contributed by atoms with Crippen molar-refractivity contribution in [1.29, 1.82) is 5.26 Å². The van der Waals surface area contributed by atoms with Gasteiger partial charge < -0.3 is 0 Å². The van der Waals surface area contributed by atoms with Gasteiger partial charge in [-0.15, -0.1) is 11.8 Å². The Hall–Kier alpha value is -2.98. The van der Waals surface area contributed by atoms with Crippen molar-refractivity contribution < 1.29 is 0 Å². The largest absolute Gasteiger partial charge is 0.283 e. The van der Waals surface area contributed by atoms with Crippen molar-refractivity contribution in [3.05, 3.63) is 76.5 Å². The highest BCUT2D eigenvalue weighted by Gasteiger charge is 2.26. The summed E-state index contributed by atoms with van der Waals surface area (Å²) in [7, 11) is 0. The van der Waals surface area contributed by atoms with E-state index in [4.69, 9.17) is 5.26 Å². The first-order valence-electron chi connectivity index (χ1n) is 10.1. The van der Waals surface area contributed by atoms with Gasteiger partial charge in [-0.05, 0) is 62.0 Å². The normalized spacial score (nSPS) is 18.3. The molecule has 0 unspecified atom stereocenters. The zero-order valence-corrected chi connectivity index (χ0v) is 17.7. The van der Waals surface area contributed by atoms with Gasteiger partial charge in [0, 0.05) is 41.7 Å². The maximum Gasteiger partial charge on any atom is 0.256 e. The first kappa shape index (κ1) is 20.3. The lowest BCUT2D eigenvalue weighted by Crippen LogP contribution is -2.17. The lowest BCUT2D eigenvalue weighted by Gasteiger charge is -2.11. The van der Waals surface area contributed by atoms with Crippen molar-refractivity contribution in [3.63, 3.8) is 0 Å². The summed E-state index contributed by atoms with van der Waals surface area (Å²) in [6, 6.07) is 8.87. The molecule has 1 saturated carbocycles. The van der Waals surface area contributed by atoms with E-state index in [9.17, 15) is 4.79 Å². The Morgan fingerprint density at radius 2 is 1.87 bits per heavy atom. The van der Waals surface area contributed by atoms with Gasteiger partial charge in [0.05, 0.1) is 23.5 Å². The number of nitrogens with zero attached hydrogens (tertiary/aromatic N) is 5. The third-order valence-corrected chi connectivity index (χ3v) is 6.35. The number of pyridine rings is 2. The average molecular weight is 418 g/mol. The predicted octanol–water partition coefficient (Wildman–Crippen LogP) is 3.82. The van der Waals surface area contributed by atoms with Gasteiger partial charge in [0.25, 0.3) is 5.56 Å². The van der Waals surface area contributed by atoms with Gasteiger partial charge in [-0.25, -0.2) is 9.97 Å². The molecule has 3 heterocycles. The minimum absolute atomic E-state index is 0.227. The SMILES string of the molecule is CSc1cnc(C[C@H]2CC[C@H](Cc3ccc(-n4ccc(C#N)cc4=O)cn3)C2)nc1. The smallest absolute Gasteiger partial charge is 0.256 e. The maximum absolute atomic E-state index is 12.2. The quantitative estimate of drug-likeness (QED) is 0.567. The highest BCUT2D eigenvalue weighted by Crippen LogP contribution is 2.34. The maximum atomic E-state index is 12.2. The monoisotopic (exact) mass is 417 g/mol. The van der Waals surface area contributed by atoms with Crippen LogP contribution in [0.4, 0.5) is 0 Å². The molecule has 30 heavy (non-hydrogen) atoms. The van der Waals surface area contributed by atoms with Crippen molar-refractivity contribution in [1.82, 2.24) is 19.5 Å².